The van der Waals surface area contributed by atoms with Crippen molar-refractivity contribution in [2.75, 3.05) is 17.2 Å². The van der Waals surface area contributed by atoms with Crippen LogP contribution in [-0.2, 0) is 17.6 Å². The number of thiophene rings is 1. The Balaban J connectivity index is 1.61. The van der Waals surface area contributed by atoms with Gasteiger partial charge in [-0.3, -0.25) is 19.7 Å². The molecule has 1 aliphatic carbocycles. The van der Waals surface area contributed by atoms with Gasteiger partial charge >= 0.3 is 5.97 Å². The maximum atomic E-state index is 13.4. The van der Waals surface area contributed by atoms with Crippen LogP contribution in [0.4, 0.5) is 16.4 Å². The molecule has 1 atom stereocenters. The predicted octanol–water partition coefficient (Wildman–Crippen LogP) is 5.46. The summed E-state index contributed by atoms with van der Waals surface area (Å²) in [5.74, 6) is -0.885. The zero-order chi connectivity index (χ0) is 25.8. The van der Waals surface area contributed by atoms with Gasteiger partial charge in [-0.1, -0.05) is 13.0 Å². The average Bonchev–Trinajstić information content (AvgIpc) is 3.21. The molecular formula is C26H25N3O6S. The van der Waals surface area contributed by atoms with Crippen LogP contribution in [0.2, 0.25) is 0 Å². The second kappa shape index (κ2) is 10.7. The first-order valence-corrected chi connectivity index (χ1v) is 12.4. The van der Waals surface area contributed by atoms with Crippen LogP contribution in [0, 0.1) is 16.0 Å². The van der Waals surface area contributed by atoms with Gasteiger partial charge in [0, 0.05) is 28.3 Å². The fourth-order valence-electron chi connectivity index (χ4n) is 4.11. The maximum Gasteiger partial charge on any atom is 0.338 e. The highest BCUT2D eigenvalue weighted by Gasteiger charge is 2.29. The molecule has 3 aromatic rings. The third-order valence-electron chi connectivity index (χ3n) is 5.94. The van der Waals surface area contributed by atoms with Gasteiger partial charge in [-0.05, 0) is 68.0 Å². The summed E-state index contributed by atoms with van der Waals surface area (Å²) in [7, 11) is 0. The summed E-state index contributed by atoms with van der Waals surface area (Å²) < 4.78 is 4.99. The van der Waals surface area contributed by atoms with E-state index in [0.717, 1.165) is 23.3 Å². The molecule has 1 aromatic heterocycles. The topological polar surface area (TPSA) is 128 Å². The molecule has 1 heterocycles. The van der Waals surface area contributed by atoms with Gasteiger partial charge in [0.05, 0.1) is 22.7 Å². The summed E-state index contributed by atoms with van der Waals surface area (Å²) in [4.78, 5) is 49.8. The zero-order valence-corrected chi connectivity index (χ0v) is 20.6. The van der Waals surface area contributed by atoms with Gasteiger partial charge in [0.25, 0.3) is 17.5 Å². The average molecular weight is 508 g/mol. The molecule has 0 aliphatic heterocycles. The first-order chi connectivity index (χ1) is 17.3. The molecule has 36 heavy (non-hydrogen) atoms. The number of ether oxygens (including phenoxy) is 1. The largest absolute Gasteiger partial charge is 0.462 e. The van der Waals surface area contributed by atoms with Crippen molar-refractivity contribution in [3.8, 4) is 0 Å². The number of esters is 1. The number of fused-ring (bicyclic) bond motifs is 1. The number of carbonyl (C=O) groups is 3. The molecule has 0 saturated carbocycles. The molecule has 2 N–H and O–H groups in total. The number of non-ortho nitro benzene ring substituents is 1. The van der Waals surface area contributed by atoms with Crippen LogP contribution < -0.4 is 10.6 Å². The molecule has 0 spiro atoms. The van der Waals surface area contributed by atoms with E-state index < -0.39 is 16.8 Å². The third kappa shape index (κ3) is 5.44. The SMILES string of the molecule is CCOC(=O)c1ccc(NC(=O)c2c(NC(=O)c3cccc([N+](=O)[O-])c3)sc3c2CCC(C)C3)cc1. The highest BCUT2D eigenvalue weighted by molar-refractivity contribution is 7.17. The molecule has 2 amide bonds. The van der Waals surface area contributed by atoms with Crippen molar-refractivity contribution >= 4 is 45.5 Å². The third-order valence-corrected chi connectivity index (χ3v) is 7.11. The number of nitrogens with one attached hydrogen (secondary N) is 2. The summed E-state index contributed by atoms with van der Waals surface area (Å²) in [6.07, 6.45) is 2.45. The van der Waals surface area contributed by atoms with Crippen LogP contribution in [0.25, 0.3) is 0 Å². The standard InChI is InChI=1S/C26H25N3O6S/c1-3-35-26(32)16-8-10-18(11-9-16)27-24(31)22-20-12-7-15(2)13-21(20)36-25(22)28-23(30)17-5-4-6-19(14-17)29(33)34/h4-6,8-11,14-15H,3,7,12-13H2,1-2H3,(H,27,31)(H,28,30). The van der Waals surface area contributed by atoms with Crippen molar-refractivity contribution in [1.29, 1.82) is 0 Å². The molecular weight excluding hydrogens is 482 g/mol. The molecule has 0 radical (unpaired) electrons. The van der Waals surface area contributed by atoms with Gasteiger partial charge in [0.2, 0.25) is 0 Å². The van der Waals surface area contributed by atoms with Gasteiger partial charge in [-0.2, -0.15) is 0 Å². The smallest absolute Gasteiger partial charge is 0.338 e. The number of rotatable bonds is 7. The van der Waals surface area contributed by atoms with Crippen molar-refractivity contribution in [1.82, 2.24) is 0 Å². The lowest BCUT2D eigenvalue weighted by Crippen LogP contribution is -2.19. The minimum Gasteiger partial charge on any atom is -0.462 e. The number of hydrogen-bond donors (Lipinski definition) is 2. The Kier molecular flexibility index (Phi) is 7.44. The van der Waals surface area contributed by atoms with E-state index >= 15 is 0 Å². The molecule has 0 bridgehead atoms. The van der Waals surface area contributed by atoms with Crippen molar-refractivity contribution < 1.29 is 24.0 Å². The number of benzene rings is 2. The lowest BCUT2D eigenvalue weighted by molar-refractivity contribution is -0.384. The lowest BCUT2D eigenvalue weighted by atomic mass is 9.88. The summed E-state index contributed by atoms with van der Waals surface area (Å²) >= 11 is 1.36. The Morgan fingerprint density at radius 3 is 2.53 bits per heavy atom. The fourth-order valence-corrected chi connectivity index (χ4v) is 5.52. The van der Waals surface area contributed by atoms with E-state index in [1.165, 1.54) is 35.6 Å². The van der Waals surface area contributed by atoms with E-state index in [1.54, 1.807) is 31.2 Å². The number of hydrogen-bond acceptors (Lipinski definition) is 7. The number of nitro groups is 1. The Morgan fingerprint density at radius 2 is 1.83 bits per heavy atom. The van der Waals surface area contributed by atoms with E-state index in [9.17, 15) is 24.5 Å². The Labute approximate surface area is 211 Å². The second-order valence-electron chi connectivity index (χ2n) is 8.57. The van der Waals surface area contributed by atoms with Gasteiger partial charge in [-0.25, -0.2) is 4.79 Å². The molecule has 1 unspecified atom stereocenters. The highest BCUT2D eigenvalue weighted by Crippen LogP contribution is 2.40. The molecule has 9 nitrogen and oxygen atoms in total. The van der Waals surface area contributed by atoms with Crippen molar-refractivity contribution in [3.05, 3.63) is 85.8 Å². The number of amides is 2. The highest BCUT2D eigenvalue weighted by atomic mass is 32.1. The summed E-state index contributed by atoms with van der Waals surface area (Å²) in [6.45, 7) is 4.14. The maximum absolute atomic E-state index is 13.4. The minimum absolute atomic E-state index is 0.129. The van der Waals surface area contributed by atoms with Crippen LogP contribution >= 0.6 is 11.3 Å². The van der Waals surface area contributed by atoms with Crippen molar-refractivity contribution in [2.24, 2.45) is 5.92 Å². The van der Waals surface area contributed by atoms with Crippen molar-refractivity contribution in [3.63, 3.8) is 0 Å². The molecule has 2 aromatic carbocycles. The monoisotopic (exact) mass is 507 g/mol. The lowest BCUT2D eigenvalue weighted by Gasteiger charge is -2.18. The van der Waals surface area contributed by atoms with Crippen LogP contribution in [0.3, 0.4) is 0 Å². The van der Waals surface area contributed by atoms with E-state index in [0.29, 0.717) is 34.2 Å². The number of nitro benzene ring substituents is 1. The summed E-state index contributed by atoms with van der Waals surface area (Å²) in [6, 6.07) is 11.8. The summed E-state index contributed by atoms with van der Waals surface area (Å²) in [5.41, 5.74) is 2.12. The summed E-state index contributed by atoms with van der Waals surface area (Å²) in [5, 5.41) is 17.2. The zero-order valence-electron chi connectivity index (χ0n) is 19.8. The van der Waals surface area contributed by atoms with Crippen LogP contribution in [0.5, 0.6) is 0 Å². The first kappa shape index (κ1) is 25.1. The Morgan fingerprint density at radius 1 is 1.08 bits per heavy atom. The number of nitrogens with zero attached hydrogens (tertiary/aromatic N) is 1. The Hall–Kier alpha value is -4.05. The van der Waals surface area contributed by atoms with Crippen LogP contribution in [0.1, 0.15) is 61.8 Å². The number of anilines is 2. The van der Waals surface area contributed by atoms with Gasteiger partial charge in [-0.15, -0.1) is 11.3 Å². The first-order valence-electron chi connectivity index (χ1n) is 11.6. The van der Waals surface area contributed by atoms with Gasteiger partial charge in [0.15, 0.2) is 0 Å². The molecule has 186 valence electrons. The van der Waals surface area contributed by atoms with E-state index in [1.807, 2.05) is 0 Å². The van der Waals surface area contributed by atoms with Crippen molar-refractivity contribution in [2.45, 2.75) is 33.1 Å². The molecule has 10 heteroatoms. The number of carbonyl (C=O) groups excluding carboxylic acids is 3. The fraction of sp³-hybridized carbons (Fsp3) is 0.269. The molecule has 4 rings (SSSR count). The van der Waals surface area contributed by atoms with Gasteiger partial charge in [0.1, 0.15) is 5.00 Å². The van der Waals surface area contributed by atoms with E-state index in [2.05, 4.69) is 17.6 Å². The predicted molar refractivity (Wildman–Crippen MR) is 137 cm³/mol. The second-order valence-corrected chi connectivity index (χ2v) is 9.67. The van der Waals surface area contributed by atoms with Crippen LogP contribution in [-0.4, -0.2) is 29.3 Å². The minimum atomic E-state index is -0.561. The molecule has 0 fully saturated rings. The van der Waals surface area contributed by atoms with E-state index in [-0.39, 0.29) is 23.8 Å². The van der Waals surface area contributed by atoms with Crippen LogP contribution in [0.15, 0.2) is 48.5 Å². The van der Waals surface area contributed by atoms with E-state index in [4.69, 9.17) is 4.74 Å². The molecule has 1 aliphatic rings. The van der Waals surface area contributed by atoms with Gasteiger partial charge < -0.3 is 15.4 Å². The quantitative estimate of drug-likeness (QED) is 0.248. The molecule has 0 saturated heterocycles. The Bertz CT molecular complexity index is 1330. The normalized spacial score (nSPS) is 14.4.